The van der Waals surface area contributed by atoms with Gasteiger partial charge in [0, 0.05) is 23.3 Å². The molecule has 0 spiro atoms. The number of thiazole rings is 1. The normalized spacial score (nSPS) is 11.5. The van der Waals surface area contributed by atoms with Crippen LogP contribution in [0, 0.1) is 0 Å². The summed E-state index contributed by atoms with van der Waals surface area (Å²) in [4.78, 5) is 8.48. The maximum atomic E-state index is 13.7. The van der Waals surface area contributed by atoms with Crippen LogP contribution in [0.2, 0.25) is 0 Å². The quantitative estimate of drug-likeness (QED) is 0.188. The van der Waals surface area contributed by atoms with E-state index in [1.165, 1.54) is 29.9 Å². The van der Waals surface area contributed by atoms with Crippen molar-refractivity contribution in [2.75, 3.05) is 11.6 Å². The van der Waals surface area contributed by atoms with Gasteiger partial charge in [-0.15, -0.1) is 11.3 Å². The van der Waals surface area contributed by atoms with Crippen LogP contribution in [-0.4, -0.2) is 16.6 Å². The molecule has 0 unspecified atom stereocenters. The first-order valence-electron chi connectivity index (χ1n) is 10.6. The molecule has 0 aliphatic carbocycles. The fourth-order valence-electron chi connectivity index (χ4n) is 3.21. The Bertz CT molecular complexity index is 979. The van der Waals surface area contributed by atoms with Gasteiger partial charge >= 0.3 is 6.18 Å². The zero-order chi connectivity index (χ0) is 23.0. The first-order valence-corrected chi connectivity index (χ1v) is 11.5. The lowest BCUT2D eigenvalue weighted by Gasteiger charge is -2.19. The predicted octanol–water partition coefficient (Wildman–Crippen LogP) is 6.98. The lowest BCUT2D eigenvalue weighted by Crippen LogP contribution is -2.25. The van der Waals surface area contributed by atoms with E-state index in [9.17, 15) is 13.2 Å². The summed E-state index contributed by atoms with van der Waals surface area (Å²) < 4.78 is 46.5. The molecule has 2 heterocycles. The zero-order valence-corrected chi connectivity index (χ0v) is 18.8. The molecule has 0 saturated carbocycles. The van der Waals surface area contributed by atoms with Crippen LogP contribution >= 0.6 is 11.3 Å². The Balaban J connectivity index is 1.70. The fourth-order valence-corrected chi connectivity index (χ4v) is 3.99. The molecule has 9 heteroatoms. The van der Waals surface area contributed by atoms with E-state index in [-0.39, 0.29) is 18.0 Å². The van der Waals surface area contributed by atoms with Crippen molar-refractivity contribution in [3.8, 4) is 17.0 Å². The summed E-state index contributed by atoms with van der Waals surface area (Å²) in [5, 5.41) is 3.31. The van der Waals surface area contributed by atoms with Gasteiger partial charge in [-0.3, -0.25) is 9.99 Å². The van der Waals surface area contributed by atoms with Gasteiger partial charge in [0.1, 0.15) is 5.75 Å². The van der Waals surface area contributed by atoms with Crippen LogP contribution < -0.4 is 15.6 Å². The molecule has 0 aliphatic heterocycles. The molecule has 32 heavy (non-hydrogen) atoms. The summed E-state index contributed by atoms with van der Waals surface area (Å²) in [6, 6.07) is 7.47. The van der Waals surface area contributed by atoms with Crippen molar-refractivity contribution in [2.24, 2.45) is 5.84 Å². The van der Waals surface area contributed by atoms with E-state index in [1.807, 2.05) is 6.07 Å². The lowest BCUT2D eigenvalue weighted by molar-refractivity contribution is -0.138. The third-order valence-electron chi connectivity index (χ3n) is 4.96. The lowest BCUT2D eigenvalue weighted by atomic mass is 10.1. The average molecular weight is 465 g/mol. The van der Waals surface area contributed by atoms with Crippen molar-refractivity contribution in [3.63, 3.8) is 0 Å². The van der Waals surface area contributed by atoms with Crippen molar-refractivity contribution in [1.82, 2.24) is 9.97 Å². The van der Waals surface area contributed by atoms with Gasteiger partial charge < -0.3 is 4.74 Å². The average Bonchev–Trinajstić information content (AvgIpc) is 3.28. The molecule has 3 rings (SSSR count). The van der Waals surface area contributed by atoms with Crippen LogP contribution in [0.4, 0.5) is 24.0 Å². The van der Waals surface area contributed by atoms with Gasteiger partial charge in [-0.1, -0.05) is 39.0 Å². The number of alkyl halides is 3. The molecular formula is C23H27F3N4OS. The van der Waals surface area contributed by atoms with E-state index in [0.717, 1.165) is 48.7 Å². The fraction of sp³-hybridized carbons (Fsp3) is 0.391. The number of rotatable bonds is 11. The molecule has 2 aromatic heterocycles. The molecule has 172 valence electrons. The van der Waals surface area contributed by atoms with E-state index in [0.29, 0.717) is 10.8 Å². The number of aromatic nitrogens is 2. The third-order valence-corrected chi connectivity index (χ3v) is 5.80. The Labute approximate surface area is 190 Å². The second kappa shape index (κ2) is 11.3. The second-order valence-electron chi connectivity index (χ2n) is 7.42. The maximum absolute atomic E-state index is 13.7. The minimum Gasteiger partial charge on any atom is -0.493 e. The number of pyridine rings is 1. The minimum atomic E-state index is -4.56. The first-order chi connectivity index (χ1) is 15.4. The Kier molecular flexibility index (Phi) is 8.46. The number of benzene rings is 1. The summed E-state index contributed by atoms with van der Waals surface area (Å²) >= 11 is 1.24. The first kappa shape index (κ1) is 24.0. The van der Waals surface area contributed by atoms with Gasteiger partial charge in [0.05, 0.1) is 23.6 Å². The standard InChI is InChI=1S/C23H27F3N4OS/c1-2-3-4-5-6-7-13-31-21-11-10-18(14-19(21)23(24,25)26)30(27)22-29-20(16-32-22)17-9-8-12-28-15-17/h8-12,14-16H,2-7,13,27H2,1H3. The van der Waals surface area contributed by atoms with Gasteiger partial charge in [-0.25, -0.2) is 10.8 Å². The molecule has 0 aliphatic rings. The number of unbranched alkanes of at least 4 members (excludes halogenated alkanes) is 5. The Hall–Kier alpha value is -2.65. The van der Waals surface area contributed by atoms with E-state index in [4.69, 9.17) is 10.6 Å². The summed E-state index contributed by atoms with van der Waals surface area (Å²) in [5.41, 5.74) is 0.790. The van der Waals surface area contributed by atoms with Gasteiger partial charge in [0.2, 0.25) is 5.13 Å². The van der Waals surface area contributed by atoms with Crippen molar-refractivity contribution >= 4 is 22.2 Å². The monoisotopic (exact) mass is 464 g/mol. The van der Waals surface area contributed by atoms with E-state index in [2.05, 4.69) is 16.9 Å². The maximum Gasteiger partial charge on any atom is 0.420 e. The molecule has 0 radical (unpaired) electrons. The Morgan fingerprint density at radius 1 is 1.09 bits per heavy atom. The number of halogens is 3. The van der Waals surface area contributed by atoms with Crippen LogP contribution in [0.5, 0.6) is 5.75 Å². The zero-order valence-electron chi connectivity index (χ0n) is 17.9. The minimum absolute atomic E-state index is 0.177. The van der Waals surface area contributed by atoms with E-state index < -0.39 is 11.7 Å². The van der Waals surface area contributed by atoms with E-state index in [1.54, 1.807) is 23.8 Å². The molecule has 2 N–H and O–H groups in total. The van der Waals surface area contributed by atoms with Crippen LogP contribution in [-0.2, 0) is 6.18 Å². The number of hydrogen-bond acceptors (Lipinski definition) is 6. The number of hydrogen-bond donors (Lipinski definition) is 1. The van der Waals surface area contributed by atoms with Gasteiger partial charge in [-0.05, 0) is 36.8 Å². The molecule has 5 nitrogen and oxygen atoms in total. The molecule has 0 fully saturated rings. The van der Waals surface area contributed by atoms with Crippen LogP contribution in [0.15, 0.2) is 48.1 Å². The summed E-state index contributed by atoms with van der Waals surface area (Å²) in [7, 11) is 0. The molecule has 0 atom stereocenters. The second-order valence-corrected chi connectivity index (χ2v) is 8.26. The van der Waals surface area contributed by atoms with Gasteiger partial charge in [0.15, 0.2) is 0 Å². The number of hydrazine groups is 1. The predicted molar refractivity (Wildman–Crippen MR) is 122 cm³/mol. The number of ether oxygens (including phenoxy) is 1. The number of anilines is 2. The summed E-state index contributed by atoms with van der Waals surface area (Å²) in [6.45, 7) is 2.39. The summed E-state index contributed by atoms with van der Waals surface area (Å²) in [5.74, 6) is 5.92. The highest BCUT2D eigenvalue weighted by molar-refractivity contribution is 7.14. The largest absolute Gasteiger partial charge is 0.493 e. The van der Waals surface area contributed by atoms with E-state index >= 15 is 0 Å². The third kappa shape index (κ3) is 6.43. The molecule has 0 bridgehead atoms. The summed E-state index contributed by atoms with van der Waals surface area (Å²) in [6.07, 6.45) is 4.97. The number of nitrogens with two attached hydrogens (primary N) is 1. The molecule has 0 amide bonds. The van der Waals surface area contributed by atoms with Crippen molar-refractivity contribution < 1.29 is 17.9 Å². The molecule has 0 saturated heterocycles. The number of nitrogens with zero attached hydrogens (tertiary/aromatic N) is 3. The smallest absolute Gasteiger partial charge is 0.420 e. The Morgan fingerprint density at radius 2 is 1.88 bits per heavy atom. The van der Waals surface area contributed by atoms with Gasteiger partial charge in [-0.2, -0.15) is 13.2 Å². The molecule has 1 aromatic carbocycles. The van der Waals surface area contributed by atoms with Crippen molar-refractivity contribution in [1.29, 1.82) is 0 Å². The van der Waals surface area contributed by atoms with Crippen molar-refractivity contribution in [3.05, 3.63) is 53.7 Å². The van der Waals surface area contributed by atoms with Crippen molar-refractivity contribution in [2.45, 2.75) is 51.6 Å². The topological polar surface area (TPSA) is 64.3 Å². The molecular weight excluding hydrogens is 437 g/mol. The highest BCUT2D eigenvalue weighted by Crippen LogP contribution is 2.40. The van der Waals surface area contributed by atoms with Gasteiger partial charge in [0.25, 0.3) is 0 Å². The van der Waals surface area contributed by atoms with Crippen LogP contribution in [0.1, 0.15) is 51.0 Å². The highest BCUT2D eigenvalue weighted by atomic mass is 32.1. The van der Waals surface area contributed by atoms with Crippen LogP contribution in [0.25, 0.3) is 11.3 Å². The molecule has 3 aromatic rings. The SMILES string of the molecule is CCCCCCCCOc1ccc(N(N)c2nc(-c3cccnc3)cs2)cc1C(F)(F)F. The van der Waals surface area contributed by atoms with Crippen LogP contribution in [0.3, 0.4) is 0 Å². The Morgan fingerprint density at radius 3 is 2.59 bits per heavy atom. The highest BCUT2D eigenvalue weighted by Gasteiger charge is 2.35.